The number of methoxy groups -OCH3 is 4. The molecule has 0 fully saturated rings. The molecule has 0 atom stereocenters. The zero-order valence-electron chi connectivity index (χ0n) is 11.9. The summed E-state index contributed by atoms with van der Waals surface area (Å²) in [7, 11) is 6.02. The summed E-state index contributed by atoms with van der Waals surface area (Å²) in [4.78, 5) is 11.7. The molecule has 2 rings (SSSR count). The third kappa shape index (κ3) is 2.22. The lowest BCUT2D eigenvalue weighted by atomic mass is 10.0. The predicted molar refractivity (Wildman–Crippen MR) is 74.9 cm³/mol. The van der Waals surface area contributed by atoms with Gasteiger partial charge in [-0.15, -0.1) is 0 Å². The first-order valence-corrected chi connectivity index (χ1v) is 5.97. The van der Waals surface area contributed by atoms with Crippen molar-refractivity contribution >= 4 is 16.7 Å². The lowest BCUT2D eigenvalue weighted by Gasteiger charge is -2.14. The molecule has 20 heavy (non-hydrogen) atoms. The fourth-order valence-electron chi connectivity index (χ4n) is 2.13. The van der Waals surface area contributed by atoms with Gasteiger partial charge in [-0.1, -0.05) is 0 Å². The van der Waals surface area contributed by atoms with Crippen molar-refractivity contribution in [2.75, 3.05) is 28.4 Å². The van der Waals surface area contributed by atoms with Gasteiger partial charge in [-0.25, -0.2) is 4.79 Å². The molecule has 5 nitrogen and oxygen atoms in total. The molecule has 2 aromatic carbocycles. The molecule has 0 unspecified atom stereocenters. The summed E-state index contributed by atoms with van der Waals surface area (Å²) in [6.45, 7) is 0. The Morgan fingerprint density at radius 1 is 0.850 bits per heavy atom. The lowest BCUT2D eigenvalue weighted by Crippen LogP contribution is -2.02. The standard InChI is InChI=1S/C15H16O5/c1-17-11-5-6-12(18-2)14-10(11)7-9(15(16)20-4)8-13(14)19-3/h5-8H,1-4H3. The largest absolute Gasteiger partial charge is 0.496 e. The molecule has 0 saturated heterocycles. The quantitative estimate of drug-likeness (QED) is 0.803. The summed E-state index contributed by atoms with van der Waals surface area (Å²) in [6.07, 6.45) is 0. The van der Waals surface area contributed by atoms with E-state index in [1.807, 2.05) is 0 Å². The average molecular weight is 276 g/mol. The number of ether oxygens (including phenoxy) is 4. The van der Waals surface area contributed by atoms with Crippen LogP contribution >= 0.6 is 0 Å². The molecule has 0 N–H and O–H groups in total. The maximum Gasteiger partial charge on any atom is 0.338 e. The Balaban J connectivity index is 2.85. The van der Waals surface area contributed by atoms with E-state index in [9.17, 15) is 4.79 Å². The minimum Gasteiger partial charge on any atom is -0.496 e. The van der Waals surface area contributed by atoms with Crippen molar-refractivity contribution in [2.24, 2.45) is 0 Å². The molecule has 0 aliphatic heterocycles. The Labute approximate surface area is 117 Å². The Kier molecular flexibility index (Phi) is 3.98. The van der Waals surface area contributed by atoms with Gasteiger partial charge in [0.2, 0.25) is 0 Å². The first-order chi connectivity index (χ1) is 9.65. The van der Waals surface area contributed by atoms with Gasteiger partial charge in [-0.3, -0.25) is 0 Å². The molecule has 0 saturated carbocycles. The van der Waals surface area contributed by atoms with Crippen molar-refractivity contribution in [3.05, 3.63) is 29.8 Å². The zero-order chi connectivity index (χ0) is 14.7. The average Bonchev–Trinajstić information content (AvgIpc) is 2.51. The second kappa shape index (κ2) is 5.69. The predicted octanol–water partition coefficient (Wildman–Crippen LogP) is 2.65. The van der Waals surface area contributed by atoms with E-state index in [2.05, 4.69) is 0 Å². The van der Waals surface area contributed by atoms with E-state index in [-0.39, 0.29) is 0 Å². The van der Waals surface area contributed by atoms with Gasteiger partial charge in [-0.2, -0.15) is 0 Å². The van der Waals surface area contributed by atoms with Gasteiger partial charge < -0.3 is 18.9 Å². The summed E-state index contributed by atoms with van der Waals surface area (Å²) in [6, 6.07) is 6.89. The van der Waals surface area contributed by atoms with Gasteiger partial charge in [0.15, 0.2) is 0 Å². The Morgan fingerprint density at radius 3 is 2.00 bits per heavy atom. The smallest absolute Gasteiger partial charge is 0.338 e. The SMILES string of the molecule is COC(=O)c1cc(OC)c2c(OC)ccc(OC)c2c1. The number of carbonyl (C=O) groups excluding carboxylic acids is 1. The molecule has 0 radical (unpaired) electrons. The molecule has 106 valence electrons. The van der Waals surface area contributed by atoms with Crippen molar-refractivity contribution in [1.29, 1.82) is 0 Å². The number of hydrogen-bond acceptors (Lipinski definition) is 5. The third-order valence-corrected chi connectivity index (χ3v) is 3.08. The second-order valence-electron chi connectivity index (χ2n) is 4.06. The molecule has 0 amide bonds. The van der Waals surface area contributed by atoms with E-state index in [0.29, 0.717) is 22.8 Å². The lowest BCUT2D eigenvalue weighted by molar-refractivity contribution is 0.0600. The Hall–Kier alpha value is -2.43. The summed E-state index contributed by atoms with van der Waals surface area (Å²) in [5.74, 6) is 1.37. The number of rotatable bonds is 4. The number of hydrogen-bond donors (Lipinski definition) is 0. The first kappa shape index (κ1) is 14.0. The fourth-order valence-corrected chi connectivity index (χ4v) is 2.13. The van der Waals surface area contributed by atoms with Crippen LogP contribution in [0.4, 0.5) is 0 Å². The molecular formula is C15H16O5. The molecule has 0 aliphatic carbocycles. The number of carbonyl (C=O) groups is 1. The summed E-state index contributed by atoms with van der Waals surface area (Å²) in [5.41, 5.74) is 0.392. The topological polar surface area (TPSA) is 54.0 Å². The van der Waals surface area contributed by atoms with Gasteiger partial charge in [0, 0.05) is 5.39 Å². The van der Waals surface area contributed by atoms with Crippen LogP contribution in [0.2, 0.25) is 0 Å². The van der Waals surface area contributed by atoms with Gasteiger partial charge in [0.1, 0.15) is 17.2 Å². The van der Waals surface area contributed by atoms with Crippen molar-refractivity contribution in [3.63, 3.8) is 0 Å². The van der Waals surface area contributed by atoms with Gasteiger partial charge in [-0.05, 0) is 24.3 Å². The minimum absolute atomic E-state index is 0.392. The number of benzene rings is 2. The van der Waals surface area contributed by atoms with E-state index in [0.717, 1.165) is 10.8 Å². The molecule has 0 aliphatic rings. The Bertz CT molecular complexity index is 648. The number of fused-ring (bicyclic) bond motifs is 1. The summed E-state index contributed by atoms with van der Waals surface area (Å²) >= 11 is 0. The van der Waals surface area contributed by atoms with Crippen LogP contribution in [0, 0.1) is 0 Å². The zero-order valence-corrected chi connectivity index (χ0v) is 11.9. The van der Waals surface area contributed by atoms with E-state index in [4.69, 9.17) is 18.9 Å². The maximum atomic E-state index is 11.7. The van der Waals surface area contributed by atoms with Crippen LogP contribution in [0.5, 0.6) is 17.2 Å². The minimum atomic E-state index is -0.435. The fraction of sp³-hybridized carbons (Fsp3) is 0.267. The van der Waals surface area contributed by atoms with Crippen LogP contribution in [-0.4, -0.2) is 34.4 Å². The first-order valence-electron chi connectivity index (χ1n) is 5.97. The highest BCUT2D eigenvalue weighted by molar-refractivity contribution is 6.03. The molecule has 0 bridgehead atoms. The molecule has 5 heteroatoms. The van der Waals surface area contributed by atoms with E-state index in [1.165, 1.54) is 14.2 Å². The van der Waals surface area contributed by atoms with E-state index >= 15 is 0 Å². The molecule has 0 aromatic heterocycles. The molecule has 2 aromatic rings. The van der Waals surface area contributed by atoms with Crippen LogP contribution in [0.1, 0.15) is 10.4 Å². The van der Waals surface area contributed by atoms with E-state index in [1.54, 1.807) is 38.5 Å². The van der Waals surface area contributed by atoms with Gasteiger partial charge >= 0.3 is 5.97 Å². The Morgan fingerprint density at radius 2 is 1.45 bits per heavy atom. The molecular weight excluding hydrogens is 260 g/mol. The van der Waals surface area contributed by atoms with Crippen molar-refractivity contribution in [3.8, 4) is 17.2 Å². The highest BCUT2D eigenvalue weighted by atomic mass is 16.5. The monoisotopic (exact) mass is 276 g/mol. The van der Waals surface area contributed by atoms with Crippen molar-refractivity contribution < 1.29 is 23.7 Å². The van der Waals surface area contributed by atoms with Crippen molar-refractivity contribution in [1.82, 2.24) is 0 Å². The van der Waals surface area contributed by atoms with Crippen molar-refractivity contribution in [2.45, 2.75) is 0 Å². The van der Waals surface area contributed by atoms with Gasteiger partial charge in [0.25, 0.3) is 0 Å². The van der Waals surface area contributed by atoms with Crippen LogP contribution in [0.15, 0.2) is 24.3 Å². The molecule has 0 spiro atoms. The maximum absolute atomic E-state index is 11.7. The van der Waals surface area contributed by atoms with Crippen LogP contribution < -0.4 is 14.2 Å². The summed E-state index contributed by atoms with van der Waals surface area (Å²) in [5, 5.41) is 1.48. The second-order valence-corrected chi connectivity index (χ2v) is 4.06. The van der Waals surface area contributed by atoms with Crippen LogP contribution in [0.25, 0.3) is 10.8 Å². The highest BCUT2D eigenvalue weighted by Gasteiger charge is 2.17. The number of esters is 1. The van der Waals surface area contributed by atoms with Crippen LogP contribution in [0.3, 0.4) is 0 Å². The molecule has 0 heterocycles. The normalized spacial score (nSPS) is 10.2. The van der Waals surface area contributed by atoms with Gasteiger partial charge in [0.05, 0.1) is 39.4 Å². The summed E-state index contributed by atoms with van der Waals surface area (Å²) < 4.78 is 20.8. The third-order valence-electron chi connectivity index (χ3n) is 3.08. The highest BCUT2D eigenvalue weighted by Crippen LogP contribution is 2.40. The van der Waals surface area contributed by atoms with Crippen LogP contribution in [-0.2, 0) is 4.74 Å². The van der Waals surface area contributed by atoms with E-state index < -0.39 is 5.97 Å².